The number of hydrogen-bond donors (Lipinski definition) is 0. The molecule has 0 aliphatic carbocycles. The van der Waals surface area contributed by atoms with Crippen molar-refractivity contribution in [3.05, 3.63) is 70.1 Å². The van der Waals surface area contributed by atoms with Crippen LogP contribution >= 0.6 is 23.2 Å². The van der Waals surface area contributed by atoms with Crippen molar-refractivity contribution < 1.29 is 12.8 Å². The minimum Gasteiger partial charge on any atom is -0.296 e. The van der Waals surface area contributed by atoms with Gasteiger partial charge in [0, 0.05) is 34.8 Å². The average molecular weight is 465 g/mol. The third-order valence-corrected chi connectivity index (χ3v) is 8.43. The van der Waals surface area contributed by atoms with Crippen LogP contribution in [0.4, 0.5) is 4.39 Å². The maximum absolute atomic E-state index is 14.1. The molecule has 30 heavy (non-hydrogen) atoms. The molecule has 2 aromatic carbocycles. The summed E-state index contributed by atoms with van der Waals surface area (Å²) in [5.74, 6) is -0.404. The molecule has 0 spiro atoms. The predicted octanol–water partition coefficient (Wildman–Crippen LogP) is 5.58. The van der Waals surface area contributed by atoms with Gasteiger partial charge in [0.25, 0.3) is 10.0 Å². The SMILES string of the molecule is O=S(=O)(c1cc(Cl)ccc1Cl)n1cc(C2=CCN3CCC[C@H]3C2)c2cc(F)ccc21. The van der Waals surface area contributed by atoms with Gasteiger partial charge in [-0.3, -0.25) is 4.90 Å². The van der Waals surface area contributed by atoms with E-state index in [2.05, 4.69) is 11.0 Å². The molecule has 0 unspecified atom stereocenters. The number of fused-ring (bicyclic) bond motifs is 2. The summed E-state index contributed by atoms with van der Waals surface area (Å²) in [5, 5.41) is 0.940. The third kappa shape index (κ3) is 3.26. The molecule has 0 N–H and O–H groups in total. The van der Waals surface area contributed by atoms with E-state index in [4.69, 9.17) is 23.2 Å². The third-order valence-electron chi connectivity index (χ3n) is 6.04. The molecular formula is C22H19Cl2FN2O2S. The van der Waals surface area contributed by atoms with Crippen LogP contribution in [0.1, 0.15) is 24.8 Å². The van der Waals surface area contributed by atoms with Crippen LogP contribution < -0.4 is 0 Å². The van der Waals surface area contributed by atoms with Gasteiger partial charge >= 0.3 is 0 Å². The molecule has 4 nitrogen and oxygen atoms in total. The van der Waals surface area contributed by atoms with Crippen molar-refractivity contribution in [2.45, 2.75) is 30.2 Å². The molecule has 2 aliphatic rings. The number of hydrogen-bond acceptors (Lipinski definition) is 3. The van der Waals surface area contributed by atoms with Crippen LogP contribution in [-0.4, -0.2) is 36.4 Å². The summed E-state index contributed by atoms with van der Waals surface area (Å²) in [4.78, 5) is 2.36. The predicted molar refractivity (Wildman–Crippen MR) is 118 cm³/mol. The lowest BCUT2D eigenvalue weighted by atomic mass is 9.94. The van der Waals surface area contributed by atoms with E-state index in [0.717, 1.165) is 37.1 Å². The van der Waals surface area contributed by atoms with E-state index in [1.807, 2.05) is 0 Å². The van der Waals surface area contributed by atoms with Crippen LogP contribution in [0.15, 0.2) is 53.6 Å². The summed E-state index contributed by atoms with van der Waals surface area (Å²) in [6.07, 6.45) is 6.84. The van der Waals surface area contributed by atoms with Gasteiger partial charge in [-0.15, -0.1) is 0 Å². The zero-order chi connectivity index (χ0) is 21.0. The van der Waals surface area contributed by atoms with Crippen LogP contribution in [-0.2, 0) is 10.0 Å². The Labute approximate surface area is 184 Å². The minimum atomic E-state index is -4.03. The molecule has 3 heterocycles. The number of halogens is 3. The van der Waals surface area contributed by atoms with Gasteiger partial charge in [-0.1, -0.05) is 29.3 Å². The van der Waals surface area contributed by atoms with Crippen molar-refractivity contribution >= 4 is 49.7 Å². The molecule has 0 bridgehead atoms. The van der Waals surface area contributed by atoms with Crippen molar-refractivity contribution in [2.24, 2.45) is 0 Å². The summed E-state index contributed by atoms with van der Waals surface area (Å²) in [7, 11) is -4.03. The highest BCUT2D eigenvalue weighted by molar-refractivity contribution is 7.90. The first kappa shape index (κ1) is 20.1. The van der Waals surface area contributed by atoms with Gasteiger partial charge in [0.1, 0.15) is 10.7 Å². The minimum absolute atomic E-state index is 0.0796. The highest BCUT2D eigenvalue weighted by Gasteiger charge is 2.30. The zero-order valence-corrected chi connectivity index (χ0v) is 18.3. The lowest BCUT2D eigenvalue weighted by Crippen LogP contribution is -2.32. The molecule has 1 saturated heterocycles. The summed E-state index contributed by atoms with van der Waals surface area (Å²) in [5.41, 5.74) is 2.22. The highest BCUT2D eigenvalue weighted by atomic mass is 35.5. The monoisotopic (exact) mass is 464 g/mol. The molecule has 1 aromatic heterocycles. The Bertz CT molecular complexity index is 1300. The number of benzene rings is 2. The average Bonchev–Trinajstić information content (AvgIpc) is 3.33. The molecule has 1 fully saturated rings. The zero-order valence-electron chi connectivity index (χ0n) is 16.0. The molecule has 8 heteroatoms. The first-order chi connectivity index (χ1) is 14.3. The Kier molecular flexibility index (Phi) is 4.93. The largest absolute Gasteiger partial charge is 0.296 e. The van der Waals surface area contributed by atoms with Crippen molar-refractivity contribution in [1.29, 1.82) is 0 Å². The Hall–Kier alpha value is -1.86. The Morgan fingerprint density at radius 3 is 2.77 bits per heavy atom. The summed E-state index contributed by atoms with van der Waals surface area (Å²) in [6.45, 7) is 1.92. The first-order valence-corrected chi connectivity index (χ1v) is 12.0. The van der Waals surface area contributed by atoms with Crippen molar-refractivity contribution in [3.8, 4) is 0 Å². The number of aromatic nitrogens is 1. The standard InChI is InChI=1S/C22H19Cl2FN2O2S/c23-15-3-5-20(24)22(11-15)30(28,29)27-13-19(18-12-16(25)4-6-21(18)27)14-7-9-26-8-1-2-17(26)10-14/h3-7,11-13,17H,1-2,8-10H2/t17-/m0/s1. The Morgan fingerprint density at radius 2 is 1.93 bits per heavy atom. The van der Waals surface area contributed by atoms with Gasteiger partial charge in [-0.2, -0.15) is 0 Å². The molecule has 0 amide bonds. The lowest BCUT2D eigenvalue weighted by molar-refractivity contribution is 0.275. The summed E-state index contributed by atoms with van der Waals surface area (Å²) < 4.78 is 42.3. The summed E-state index contributed by atoms with van der Waals surface area (Å²) in [6, 6.07) is 8.96. The lowest BCUT2D eigenvalue weighted by Gasteiger charge is -2.29. The van der Waals surface area contributed by atoms with Crippen LogP contribution in [0.5, 0.6) is 0 Å². The molecule has 2 aliphatic heterocycles. The number of rotatable bonds is 3. The fraction of sp³-hybridized carbons (Fsp3) is 0.273. The molecule has 0 saturated carbocycles. The van der Waals surface area contributed by atoms with E-state index in [9.17, 15) is 12.8 Å². The van der Waals surface area contributed by atoms with E-state index >= 15 is 0 Å². The Balaban J connectivity index is 1.70. The van der Waals surface area contributed by atoms with E-state index in [0.29, 0.717) is 16.9 Å². The smallest absolute Gasteiger partial charge is 0.269 e. The maximum Gasteiger partial charge on any atom is 0.269 e. The van der Waals surface area contributed by atoms with E-state index in [1.165, 1.54) is 46.8 Å². The van der Waals surface area contributed by atoms with E-state index < -0.39 is 15.8 Å². The van der Waals surface area contributed by atoms with Gasteiger partial charge in [0.05, 0.1) is 10.5 Å². The van der Waals surface area contributed by atoms with Gasteiger partial charge in [0.2, 0.25) is 0 Å². The van der Waals surface area contributed by atoms with Crippen molar-refractivity contribution in [1.82, 2.24) is 8.87 Å². The van der Waals surface area contributed by atoms with Gasteiger partial charge in [0.15, 0.2) is 0 Å². The van der Waals surface area contributed by atoms with Crippen LogP contribution in [0, 0.1) is 5.82 Å². The molecule has 1 atom stereocenters. The fourth-order valence-corrected chi connectivity index (χ4v) is 6.67. The number of nitrogens with zero attached hydrogens (tertiary/aromatic N) is 2. The fourth-order valence-electron chi connectivity index (χ4n) is 4.56. The van der Waals surface area contributed by atoms with Crippen molar-refractivity contribution in [2.75, 3.05) is 13.1 Å². The second kappa shape index (κ2) is 7.38. The first-order valence-electron chi connectivity index (χ1n) is 9.79. The van der Waals surface area contributed by atoms with Crippen LogP contribution in [0.2, 0.25) is 10.0 Å². The van der Waals surface area contributed by atoms with E-state index in [1.54, 1.807) is 6.20 Å². The maximum atomic E-state index is 14.1. The van der Waals surface area contributed by atoms with Gasteiger partial charge in [-0.05, 0) is 67.8 Å². The highest BCUT2D eigenvalue weighted by Crippen LogP contribution is 2.38. The Morgan fingerprint density at radius 1 is 1.10 bits per heavy atom. The molecule has 3 aromatic rings. The van der Waals surface area contributed by atoms with Crippen LogP contribution in [0.25, 0.3) is 16.5 Å². The summed E-state index contributed by atoms with van der Waals surface area (Å²) >= 11 is 12.2. The molecule has 0 radical (unpaired) electrons. The van der Waals surface area contributed by atoms with Crippen molar-refractivity contribution in [3.63, 3.8) is 0 Å². The second-order valence-electron chi connectivity index (χ2n) is 7.80. The van der Waals surface area contributed by atoms with E-state index in [-0.39, 0.29) is 14.9 Å². The van der Waals surface area contributed by atoms with Crippen LogP contribution in [0.3, 0.4) is 0 Å². The molecule has 5 rings (SSSR count). The topological polar surface area (TPSA) is 42.3 Å². The molecular weight excluding hydrogens is 446 g/mol. The normalized spacial score (nSPS) is 19.8. The van der Waals surface area contributed by atoms with Gasteiger partial charge in [-0.25, -0.2) is 16.8 Å². The molecule has 156 valence electrons. The quantitative estimate of drug-likeness (QED) is 0.508. The van der Waals surface area contributed by atoms with Gasteiger partial charge < -0.3 is 0 Å². The second-order valence-corrected chi connectivity index (χ2v) is 10.4.